The molecule has 0 bridgehead atoms. The van der Waals surface area contributed by atoms with Crippen LogP contribution in [0.1, 0.15) is 43.7 Å². The van der Waals surface area contributed by atoms with Crippen molar-refractivity contribution in [2.75, 3.05) is 6.54 Å². The Morgan fingerprint density at radius 2 is 2.18 bits per heavy atom. The van der Waals surface area contributed by atoms with E-state index in [9.17, 15) is 0 Å². The number of benzene rings is 1. The molecule has 0 aromatic heterocycles. The molecule has 0 radical (unpaired) electrons. The number of likely N-dealkylation sites (tertiary alicyclic amines) is 1. The van der Waals surface area contributed by atoms with Crippen molar-refractivity contribution in [3.05, 3.63) is 35.4 Å². The summed E-state index contributed by atoms with van der Waals surface area (Å²) in [4.78, 5) is 2.54. The lowest BCUT2D eigenvalue weighted by Crippen LogP contribution is -2.38. The lowest BCUT2D eigenvalue weighted by molar-refractivity contribution is 0.136. The fourth-order valence-corrected chi connectivity index (χ4v) is 2.72. The van der Waals surface area contributed by atoms with Crippen molar-refractivity contribution >= 4 is 0 Å². The van der Waals surface area contributed by atoms with Crippen LogP contribution in [0, 0.1) is 11.3 Å². The van der Waals surface area contributed by atoms with Gasteiger partial charge in [0.05, 0.1) is 11.6 Å². The highest BCUT2D eigenvalue weighted by molar-refractivity contribution is 5.37. The minimum atomic E-state index is 0.704. The Morgan fingerprint density at radius 1 is 1.35 bits per heavy atom. The molecule has 90 valence electrons. The first-order valence-electron chi connectivity index (χ1n) is 6.57. The zero-order chi connectivity index (χ0) is 12.1. The molecule has 1 aliphatic rings. The van der Waals surface area contributed by atoms with Crippen LogP contribution in [0.25, 0.3) is 0 Å². The quantitative estimate of drug-likeness (QED) is 0.793. The van der Waals surface area contributed by atoms with Gasteiger partial charge < -0.3 is 0 Å². The van der Waals surface area contributed by atoms with E-state index in [4.69, 9.17) is 5.26 Å². The molecule has 1 fully saturated rings. The van der Waals surface area contributed by atoms with Crippen LogP contribution < -0.4 is 0 Å². The molecule has 17 heavy (non-hydrogen) atoms. The summed E-state index contributed by atoms with van der Waals surface area (Å²) in [7, 11) is 0. The van der Waals surface area contributed by atoms with Crippen molar-refractivity contribution in [3.63, 3.8) is 0 Å². The number of hydrogen-bond acceptors (Lipinski definition) is 2. The molecule has 2 rings (SSSR count). The van der Waals surface area contributed by atoms with Crippen LogP contribution in [0.2, 0.25) is 0 Å². The van der Waals surface area contributed by atoms with Gasteiger partial charge in [0, 0.05) is 12.6 Å². The van der Waals surface area contributed by atoms with E-state index >= 15 is 0 Å². The van der Waals surface area contributed by atoms with Crippen molar-refractivity contribution in [2.45, 2.75) is 45.2 Å². The number of rotatable bonds is 3. The first-order chi connectivity index (χ1) is 8.35. The van der Waals surface area contributed by atoms with Crippen LogP contribution in [0.4, 0.5) is 0 Å². The van der Waals surface area contributed by atoms with E-state index < -0.39 is 0 Å². The molecule has 1 atom stereocenters. The summed E-state index contributed by atoms with van der Waals surface area (Å²) >= 11 is 0. The second kappa shape index (κ2) is 5.84. The van der Waals surface area contributed by atoms with Gasteiger partial charge in [-0.25, -0.2) is 0 Å². The summed E-state index contributed by atoms with van der Waals surface area (Å²) in [5.41, 5.74) is 2.00. The van der Waals surface area contributed by atoms with Gasteiger partial charge >= 0.3 is 0 Å². The van der Waals surface area contributed by atoms with Gasteiger partial charge in [0.25, 0.3) is 0 Å². The molecular weight excluding hydrogens is 208 g/mol. The maximum Gasteiger partial charge on any atom is 0.0995 e. The number of piperidine rings is 1. The van der Waals surface area contributed by atoms with E-state index in [0.717, 1.165) is 12.1 Å². The molecular formula is C15H20N2. The normalized spacial score (nSPS) is 21.1. The maximum atomic E-state index is 9.10. The average Bonchev–Trinajstić information content (AvgIpc) is 2.40. The number of nitrogens with zero attached hydrogens (tertiary/aromatic N) is 2. The lowest BCUT2D eigenvalue weighted by Gasteiger charge is -2.35. The SMILES string of the molecule is CC[C@@H]1CCCCN1Cc1ccccc1C#N. The second-order valence-electron chi connectivity index (χ2n) is 4.80. The highest BCUT2D eigenvalue weighted by atomic mass is 15.2. The number of nitriles is 1. The lowest BCUT2D eigenvalue weighted by atomic mass is 9.98. The molecule has 1 heterocycles. The van der Waals surface area contributed by atoms with Gasteiger partial charge in [-0.15, -0.1) is 0 Å². The average molecular weight is 228 g/mol. The Balaban J connectivity index is 2.11. The molecule has 0 spiro atoms. The van der Waals surface area contributed by atoms with E-state index in [1.807, 2.05) is 18.2 Å². The second-order valence-corrected chi connectivity index (χ2v) is 4.80. The molecule has 0 aliphatic carbocycles. The minimum Gasteiger partial charge on any atom is -0.296 e. The molecule has 1 saturated heterocycles. The van der Waals surface area contributed by atoms with Gasteiger partial charge in [-0.05, 0) is 37.4 Å². The molecule has 2 heteroatoms. The van der Waals surface area contributed by atoms with Gasteiger partial charge in [-0.1, -0.05) is 31.5 Å². The van der Waals surface area contributed by atoms with Gasteiger partial charge in [-0.3, -0.25) is 4.90 Å². The summed E-state index contributed by atoms with van der Waals surface area (Å²) in [6.07, 6.45) is 5.18. The minimum absolute atomic E-state index is 0.704. The van der Waals surface area contributed by atoms with Crippen LogP contribution in [-0.4, -0.2) is 17.5 Å². The molecule has 0 unspecified atom stereocenters. The Kier molecular flexibility index (Phi) is 4.17. The van der Waals surface area contributed by atoms with Crippen molar-refractivity contribution in [3.8, 4) is 6.07 Å². The summed E-state index contributed by atoms with van der Waals surface area (Å²) in [6.45, 7) is 4.37. The fraction of sp³-hybridized carbons (Fsp3) is 0.533. The highest BCUT2D eigenvalue weighted by Crippen LogP contribution is 2.22. The Labute approximate surface area is 104 Å². The van der Waals surface area contributed by atoms with Crippen molar-refractivity contribution < 1.29 is 0 Å². The molecule has 1 aromatic rings. The first kappa shape index (κ1) is 12.1. The summed E-state index contributed by atoms with van der Waals surface area (Å²) in [5, 5.41) is 9.10. The Bertz CT molecular complexity index is 406. The van der Waals surface area contributed by atoms with Crippen molar-refractivity contribution in [2.24, 2.45) is 0 Å². The Morgan fingerprint density at radius 3 is 2.94 bits per heavy atom. The van der Waals surface area contributed by atoms with Crippen molar-refractivity contribution in [1.82, 2.24) is 4.90 Å². The fourth-order valence-electron chi connectivity index (χ4n) is 2.72. The standard InChI is InChI=1S/C15H20N2/c1-2-15-9-5-6-10-17(15)12-14-8-4-3-7-13(14)11-16/h3-4,7-8,15H,2,5-6,9-10,12H2,1H3/t15-/m1/s1. The van der Waals surface area contributed by atoms with Crippen molar-refractivity contribution in [1.29, 1.82) is 5.26 Å². The summed E-state index contributed by atoms with van der Waals surface area (Å²) < 4.78 is 0. The predicted octanol–water partition coefficient (Wildman–Crippen LogP) is 3.32. The highest BCUT2D eigenvalue weighted by Gasteiger charge is 2.21. The van der Waals surface area contributed by atoms with Gasteiger partial charge in [0.15, 0.2) is 0 Å². The van der Waals surface area contributed by atoms with Gasteiger partial charge in [0.2, 0.25) is 0 Å². The zero-order valence-electron chi connectivity index (χ0n) is 10.5. The molecule has 0 saturated carbocycles. The Hall–Kier alpha value is -1.33. The predicted molar refractivity (Wildman–Crippen MR) is 69.5 cm³/mol. The third-order valence-corrected chi connectivity index (χ3v) is 3.73. The molecule has 1 aromatic carbocycles. The molecule has 2 nitrogen and oxygen atoms in total. The third-order valence-electron chi connectivity index (χ3n) is 3.73. The molecule has 0 amide bonds. The summed E-state index contributed by atoms with van der Waals surface area (Å²) in [5.74, 6) is 0. The van der Waals surface area contributed by atoms with Crippen LogP contribution in [-0.2, 0) is 6.54 Å². The zero-order valence-corrected chi connectivity index (χ0v) is 10.5. The first-order valence-corrected chi connectivity index (χ1v) is 6.57. The van der Waals surface area contributed by atoms with Crippen LogP contribution in [0.5, 0.6) is 0 Å². The van der Waals surface area contributed by atoms with Gasteiger partial charge in [-0.2, -0.15) is 5.26 Å². The topological polar surface area (TPSA) is 27.0 Å². The van der Waals surface area contributed by atoms with Crippen LogP contribution in [0.3, 0.4) is 0 Å². The van der Waals surface area contributed by atoms with E-state index in [2.05, 4.69) is 24.0 Å². The molecule has 1 aliphatic heterocycles. The van der Waals surface area contributed by atoms with Crippen LogP contribution in [0.15, 0.2) is 24.3 Å². The van der Waals surface area contributed by atoms with Gasteiger partial charge in [0.1, 0.15) is 0 Å². The number of hydrogen-bond donors (Lipinski definition) is 0. The van der Waals surface area contributed by atoms with E-state index in [0.29, 0.717) is 6.04 Å². The van der Waals surface area contributed by atoms with E-state index in [1.165, 1.54) is 37.8 Å². The monoisotopic (exact) mass is 228 g/mol. The maximum absolute atomic E-state index is 9.10. The third kappa shape index (κ3) is 2.87. The van der Waals surface area contributed by atoms with Crippen LogP contribution >= 0.6 is 0 Å². The summed E-state index contributed by atoms with van der Waals surface area (Å²) in [6, 6.07) is 11.0. The largest absolute Gasteiger partial charge is 0.296 e. The smallest absolute Gasteiger partial charge is 0.0995 e. The van der Waals surface area contributed by atoms with E-state index in [1.54, 1.807) is 0 Å². The van der Waals surface area contributed by atoms with E-state index in [-0.39, 0.29) is 0 Å². The molecule has 0 N–H and O–H groups in total.